The zero-order valence-corrected chi connectivity index (χ0v) is 16.8. The highest BCUT2D eigenvalue weighted by molar-refractivity contribution is 7.89. The van der Waals surface area contributed by atoms with E-state index in [0.717, 1.165) is 4.90 Å². The van der Waals surface area contributed by atoms with Gasteiger partial charge in [0.15, 0.2) is 0 Å². The minimum Gasteiger partial charge on any atom is -0.355 e. The van der Waals surface area contributed by atoms with Gasteiger partial charge in [-0.25, -0.2) is 13.1 Å². The molecule has 0 radical (unpaired) electrons. The lowest BCUT2D eigenvalue weighted by molar-refractivity contribution is -0.121. The fourth-order valence-corrected chi connectivity index (χ4v) is 4.54. The number of carbonyl (C=O) groups is 3. The second-order valence-corrected chi connectivity index (χ2v) is 8.27. The number of benzene rings is 1. The first-order chi connectivity index (χ1) is 13.7. The third-order valence-electron chi connectivity index (χ3n) is 4.51. The summed E-state index contributed by atoms with van der Waals surface area (Å²) in [5.41, 5.74) is 1.45. The molecule has 1 aliphatic rings. The molecule has 3 rings (SSSR count). The number of nitrogens with one attached hydrogen (secondary N) is 3. The molecule has 0 saturated heterocycles. The van der Waals surface area contributed by atoms with Crippen LogP contribution in [0, 0.1) is 13.8 Å². The lowest BCUT2D eigenvalue weighted by atomic mass is 10.1. The number of aromatic amines is 1. The molecule has 1 aliphatic heterocycles. The summed E-state index contributed by atoms with van der Waals surface area (Å²) in [7, 11) is -3.74. The Hall–Kier alpha value is -3.05. The maximum absolute atomic E-state index is 12.3. The summed E-state index contributed by atoms with van der Waals surface area (Å²) < 4.78 is 27.0. The fourth-order valence-electron chi connectivity index (χ4n) is 3.14. The van der Waals surface area contributed by atoms with Gasteiger partial charge in [-0.2, -0.15) is 5.10 Å². The van der Waals surface area contributed by atoms with Crippen LogP contribution < -0.4 is 10.0 Å². The Morgan fingerprint density at radius 2 is 1.72 bits per heavy atom. The molecule has 3 N–H and O–H groups in total. The van der Waals surface area contributed by atoms with E-state index in [0.29, 0.717) is 22.5 Å². The average Bonchev–Trinajstić information content (AvgIpc) is 3.15. The van der Waals surface area contributed by atoms with Gasteiger partial charge in [0.1, 0.15) is 4.90 Å². The molecule has 2 aromatic rings. The lowest BCUT2D eigenvalue weighted by Gasteiger charge is -2.13. The number of carbonyl (C=O) groups excluding carboxylic acids is 3. The van der Waals surface area contributed by atoms with Crippen molar-refractivity contribution in [3.8, 4) is 0 Å². The molecule has 154 valence electrons. The molecule has 3 amide bonds. The van der Waals surface area contributed by atoms with Crippen molar-refractivity contribution in [1.82, 2.24) is 25.1 Å². The first-order valence-electron chi connectivity index (χ1n) is 8.95. The quantitative estimate of drug-likeness (QED) is 0.410. The van der Waals surface area contributed by atoms with Gasteiger partial charge in [-0.05, 0) is 26.0 Å². The van der Waals surface area contributed by atoms with E-state index in [2.05, 4.69) is 20.2 Å². The monoisotopic (exact) mass is 419 g/mol. The molecule has 0 saturated carbocycles. The van der Waals surface area contributed by atoms with Crippen molar-refractivity contribution in [1.29, 1.82) is 0 Å². The third kappa shape index (κ3) is 4.20. The smallest absolute Gasteiger partial charge is 0.261 e. The Bertz CT molecular complexity index is 1020. The van der Waals surface area contributed by atoms with E-state index in [1.165, 1.54) is 0 Å². The van der Waals surface area contributed by atoms with E-state index in [4.69, 9.17) is 0 Å². The highest BCUT2D eigenvalue weighted by atomic mass is 32.2. The molecule has 11 heteroatoms. The lowest BCUT2D eigenvalue weighted by Crippen LogP contribution is -2.37. The van der Waals surface area contributed by atoms with Gasteiger partial charge < -0.3 is 5.32 Å². The van der Waals surface area contributed by atoms with Crippen molar-refractivity contribution in [2.75, 3.05) is 19.6 Å². The Morgan fingerprint density at radius 1 is 1.10 bits per heavy atom. The third-order valence-corrected chi connectivity index (χ3v) is 6.23. The van der Waals surface area contributed by atoms with Gasteiger partial charge in [-0.1, -0.05) is 12.1 Å². The maximum Gasteiger partial charge on any atom is 0.261 e. The number of nitrogens with zero attached hydrogens (tertiary/aromatic N) is 2. The highest BCUT2D eigenvalue weighted by Crippen LogP contribution is 2.22. The summed E-state index contributed by atoms with van der Waals surface area (Å²) in [5, 5.41) is 9.03. The molecule has 29 heavy (non-hydrogen) atoms. The standard InChI is InChI=1S/C18H21N5O5S/c1-11-16(12(2)22-21-11)29(27,28)20-9-8-19-15(24)7-10-23-17(25)13-5-3-4-6-14(13)18(23)26/h3-6,20H,7-10H2,1-2H3,(H,19,24)(H,21,22). The summed E-state index contributed by atoms with van der Waals surface area (Å²) in [6.07, 6.45) is -0.0713. The summed E-state index contributed by atoms with van der Waals surface area (Å²) in [4.78, 5) is 37.6. The van der Waals surface area contributed by atoms with E-state index >= 15 is 0 Å². The minimum absolute atomic E-state index is 0.00878. The van der Waals surface area contributed by atoms with Crippen molar-refractivity contribution < 1.29 is 22.8 Å². The number of sulfonamides is 1. The van der Waals surface area contributed by atoms with Crippen molar-refractivity contribution in [2.45, 2.75) is 25.2 Å². The first kappa shape index (κ1) is 20.7. The van der Waals surface area contributed by atoms with Crippen molar-refractivity contribution >= 4 is 27.7 Å². The number of aryl methyl sites for hydroxylation is 2. The molecule has 0 bridgehead atoms. The number of hydrogen-bond acceptors (Lipinski definition) is 6. The van der Waals surface area contributed by atoms with Crippen molar-refractivity contribution in [2.24, 2.45) is 0 Å². The van der Waals surface area contributed by atoms with Crippen molar-refractivity contribution in [3.63, 3.8) is 0 Å². The number of imide groups is 1. The van der Waals surface area contributed by atoms with Crippen LogP contribution >= 0.6 is 0 Å². The van der Waals surface area contributed by atoms with Crippen LogP contribution in [0.15, 0.2) is 29.2 Å². The molecule has 1 aromatic carbocycles. The van der Waals surface area contributed by atoms with Crippen LogP contribution in [-0.4, -0.2) is 60.9 Å². The number of amides is 3. The molecule has 0 spiro atoms. The second-order valence-electron chi connectivity index (χ2n) is 6.57. The summed E-state index contributed by atoms with van der Waals surface area (Å²) in [5.74, 6) is -1.23. The van der Waals surface area contributed by atoms with E-state index in [-0.39, 0.29) is 31.0 Å². The van der Waals surface area contributed by atoms with Gasteiger partial charge in [0.25, 0.3) is 11.8 Å². The number of rotatable bonds is 8. The van der Waals surface area contributed by atoms with Crippen LogP contribution in [0.25, 0.3) is 0 Å². The number of aromatic nitrogens is 2. The van der Waals surface area contributed by atoms with Gasteiger partial charge in [0.2, 0.25) is 15.9 Å². The zero-order chi connectivity index (χ0) is 21.2. The van der Waals surface area contributed by atoms with Gasteiger partial charge in [-0.15, -0.1) is 0 Å². The molecule has 0 fully saturated rings. The topological polar surface area (TPSA) is 141 Å². The Morgan fingerprint density at radius 3 is 2.28 bits per heavy atom. The molecule has 0 unspecified atom stereocenters. The normalized spacial score (nSPS) is 13.7. The molecular weight excluding hydrogens is 398 g/mol. The minimum atomic E-state index is -3.74. The van der Waals surface area contributed by atoms with Crippen LogP contribution in [0.3, 0.4) is 0 Å². The summed E-state index contributed by atoms with van der Waals surface area (Å²) in [6, 6.07) is 6.50. The SMILES string of the molecule is Cc1n[nH]c(C)c1S(=O)(=O)NCCNC(=O)CCN1C(=O)c2ccccc2C1=O. The first-order valence-corrected chi connectivity index (χ1v) is 10.4. The van der Waals surface area contributed by atoms with E-state index in [1.807, 2.05) is 0 Å². The second kappa shape index (κ2) is 8.13. The fraction of sp³-hybridized carbons (Fsp3) is 0.333. The highest BCUT2D eigenvalue weighted by Gasteiger charge is 2.34. The molecule has 0 atom stereocenters. The van der Waals surface area contributed by atoms with Gasteiger partial charge in [0, 0.05) is 26.1 Å². The van der Waals surface area contributed by atoms with Gasteiger partial charge >= 0.3 is 0 Å². The largest absolute Gasteiger partial charge is 0.355 e. The predicted molar refractivity (Wildman–Crippen MR) is 103 cm³/mol. The van der Waals surface area contributed by atoms with Gasteiger partial charge in [0.05, 0.1) is 22.5 Å². The number of hydrogen-bond donors (Lipinski definition) is 3. The van der Waals surface area contributed by atoms with E-state index in [9.17, 15) is 22.8 Å². The van der Waals surface area contributed by atoms with Crippen LogP contribution in [0.1, 0.15) is 38.5 Å². The predicted octanol–water partition coefficient (Wildman–Crippen LogP) is 0.107. The zero-order valence-electron chi connectivity index (χ0n) is 16.0. The van der Waals surface area contributed by atoms with Crippen molar-refractivity contribution in [3.05, 3.63) is 46.8 Å². The Labute approximate surface area is 167 Å². The summed E-state index contributed by atoms with van der Waals surface area (Å²) >= 11 is 0. The molecule has 10 nitrogen and oxygen atoms in total. The van der Waals surface area contributed by atoms with Crippen LogP contribution in [0.2, 0.25) is 0 Å². The van der Waals surface area contributed by atoms with Gasteiger partial charge in [-0.3, -0.25) is 24.4 Å². The molecule has 0 aliphatic carbocycles. The average molecular weight is 419 g/mol. The van der Waals surface area contributed by atoms with Crippen LogP contribution in [-0.2, 0) is 14.8 Å². The van der Waals surface area contributed by atoms with E-state index in [1.54, 1.807) is 38.1 Å². The Kier molecular flexibility index (Phi) is 5.80. The maximum atomic E-state index is 12.3. The molecule has 2 heterocycles. The Balaban J connectivity index is 1.45. The van der Waals surface area contributed by atoms with Crippen LogP contribution in [0.4, 0.5) is 0 Å². The molecule has 1 aromatic heterocycles. The number of H-pyrrole nitrogens is 1. The number of fused-ring (bicyclic) bond motifs is 1. The molecular formula is C18H21N5O5S. The van der Waals surface area contributed by atoms with Crippen LogP contribution in [0.5, 0.6) is 0 Å². The van der Waals surface area contributed by atoms with E-state index < -0.39 is 27.7 Å². The summed E-state index contributed by atoms with van der Waals surface area (Å²) in [6.45, 7) is 3.20.